The number of aromatic nitrogens is 2. The lowest BCUT2D eigenvalue weighted by molar-refractivity contribution is -0.141. The lowest BCUT2D eigenvalue weighted by Gasteiger charge is -2.29. The van der Waals surface area contributed by atoms with E-state index < -0.39 is 11.9 Å². The van der Waals surface area contributed by atoms with Crippen LogP contribution in [0.1, 0.15) is 41.7 Å². The summed E-state index contributed by atoms with van der Waals surface area (Å²) in [5.74, 6) is -0.0844. The molecule has 152 valence electrons. The van der Waals surface area contributed by atoms with Crippen LogP contribution in [0.3, 0.4) is 0 Å². The van der Waals surface area contributed by atoms with Crippen molar-refractivity contribution in [2.24, 2.45) is 0 Å². The maximum Gasteiger partial charge on any atom is 0.435 e. The predicted octanol–water partition coefficient (Wildman–Crippen LogP) is 4.05. The average molecular weight is 394 g/mol. The highest BCUT2D eigenvalue weighted by molar-refractivity contribution is 5.95. The average Bonchev–Trinajstić information content (AvgIpc) is 3.33. The highest BCUT2D eigenvalue weighted by Crippen LogP contribution is 2.28. The Balaban J connectivity index is 1.76. The summed E-state index contributed by atoms with van der Waals surface area (Å²) in [6.45, 7) is 0.556. The molecule has 0 N–H and O–H groups in total. The molecule has 0 aliphatic heterocycles. The quantitative estimate of drug-likeness (QED) is 0.742. The first-order valence-corrected chi connectivity index (χ1v) is 9.45. The second kappa shape index (κ2) is 8.24. The molecule has 28 heavy (non-hydrogen) atoms. The van der Waals surface area contributed by atoms with E-state index in [0.29, 0.717) is 12.1 Å². The van der Waals surface area contributed by atoms with Crippen LogP contribution in [0.2, 0.25) is 0 Å². The van der Waals surface area contributed by atoms with Gasteiger partial charge in [0.2, 0.25) is 0 Å². The fourth-order valence-corrected chi connectivity index (χ4v) is 3.60. The van der Waals surface area contributed by atoms with Gasteiger partial charge in [-0.25, -0.2) is 0 Å². The molecule has 8 heteroatoms. The normalized spacial score (nSPS) is 15.0. The lowest BCUT2D eigenvalue weighted by Crippen LogP contribution is -2.41. The Morgan fingerprint density at radius 3 is 2.54 bits per heavy atom. The molecular weight excluding hydrogens is 369 g/mol. The van der Waals surface area contributed by atoms with Gasteiger partial charge < -0.3 is 9.80 Å². The zero-order valence-corrected chi connectivity index (χ0v) is 16.1. The summed E-state index contributed by atoms with van der Waals surface area (Å²) in [6.07, 6.45) is 0.821. The molecule has 3 rings (SSSR count). The van der Waals surface area contributed by atoms with Crippen molar-refractivity contribution in [2.75, 3.05) is 25.5 Å². The van der Waals surface area contributed by atoms with E-state index in [-0.39, 0.29) is 18.5 Å². The van der Waals surface area contributed by atoms with Crippen LogP contribution in [0, 0.1) is 0 Å². The van der Waals surface area contributed by atoms with Crippen molar-refractivity contribution < 1.29 is 18.0 Å². The van der Waals surface area contributed by atoms with Crippen LogP contribution in [-0.2, 0) is 12.7 Å². The summed E-state index contributed by atoms with van der Waals surface area (Å²) in [6, 6.07) is 8.49. The van der Waals surface area contributed by atoms with Gasteiger partial charge in [-0.2, -0.15) is 18.3 Å². The van der Waals surface area contributed by atoms with Gasteiger partial charge in [-0.15, -0.1) is 0 Å². The van der Waals surface area contributed by atoms with E-state index >= 15 is 0 Å². The Kier molecular flexibility index (Phi) is 5.96. The Morgan fingerprint density at radius 1 is 1.21 bits per heavy atom. The topological polar surface area (TPSA) is 41.4 Å². The zero-order valence-electron chi connectivity index (χ0n) is 16.1. The van der Waals surface area contributed by atoms with Gasteiger partial charge in [-0.1, -0.05) is 18.9 Å². The molecule has 0 spiro atoms. The summed E-state index contributed by atoms with van der Waals surface area (Å²) in [4.78, 5) is 16.9. The molecule has 0 saturated heterocycles. The number of anilines is 1. The molecule has 0 radical (unpaired) electrons. The maximum absolute atomic E-state index is 13.2. The van der Waals surface area contributed by atoms with Gasteiger partial charge in [0.05, 0.1) is 6.54 Å². The van der Waals surface area contributed by atoms with Crippen LogP contribution in [0.25, 0.3) is 0 Å². The van der Waals surface area contributed by atoms with Gasteiger partial charge >= 0.3 is 6.18 Å². The number of halogens is 3. The van der Waals surface area contributed by atoms with E-state index in [4.69, 9.17) is 0 Å². The summed E-state index contributed by atoms with van der Waals surface area (Å²) < 4.78 is 39.5. The van der Waals surface area contributed by atoms with Crippen LogP contribution >= 0.6 is 0 Å². The van der Waals surface area contributed by atoms with Crippen molar-refractivity contribution in [1.29, 1.82) is 0 Å². The third-order valence-corrected chi connectivity index (χ3v) is 5.14. The number of rotatable bonds is 6. The number of hydrogen-bond acceptors (Lipinski definition) is 3. The number of carbonyl (C=O) groups excluding carboxylic acids is 1. The van der Waals surface area contributed by atoms with Gasteiger partial charge in [-0.3, -0.25) is 9.48 Å². The van der Waals surface area contributed by atoms with Crippen molar-refractivity contribution in [2.45, 2.75) is 44.4 Å². The Bertz CT molecular complexity index is 810. The number of amides is 1. The summed E-state index contributed by atoms with van der Waals surface area (Å²) in [7, 11) is 3.82. The minimum Gasteiger partial charge on any atom is -0.378 e. The number of alkyl halides is 3. The van der Waals surface area contributed by atoms with Gasteiger partial charge in [-0.05, 0) is 37.1 Å². The molecule has 1 saturated carbocycles. The summed E-state index contributed by atoms with van der Waals surface area (Å²) >= 11 is 0. The van der Waals surface area contributed by atoms with Gasteiger partial charge in [0.1, 0.15) is 0 Å². The molecule has 1 aromatic heterocycles. The van der Waals surface area contributed by atoms with Crippen LogP contribution in [0.5, 0.6) is 0 Å². The first-order valence-electron chi connectivity index (χ1n) is 9.45. The monoisotopic (exact) mass is 394 g/mol. The number of benzene rings is 1. The SMILES string of the molecule is CN(C)c1cccc(C(=O)N(CCn2ccc(C(F)(F)F)n2)C2CCCC2)c1. The predicted molar refractivity (Wildman–Crippen MR) is 101 cm³/mol. The minimum atomic E-state index is -4.46. The second-order valence-corrected chi connectivity index (χ2v) is 7.34. The molecule has 0 atom stereocenters. The Hall–Kier alpha value is -2.51. The van der Waals surface area contributed by atoms with Gasteiger partial charge in [0, 0.05) is 44.1 Å². The lowest BCUT2D eigenvalue weighted by atomic mass is 10.1. The van der Waals surface area contributed by atoms with Crippen LogP contribution in [-0.4, -0.2) is 47.3 Å². The van der Waals surface area contributed by atoms with E-state index in [1.54, 1.807) is 11.0 Å². The number of hydrogen-bond donors (Lipinski definition) is 0. The molecule has 1 aliphatic carbocycles. The number of carbonyl (C=O) groups is 1. The largest absolute Gasteiger partial charge is 0.435 e. The zero-order chi connectivity index (χ0) is 20.3. The van der Waals surface area contributed by atoms with E-state index in [1.807, 2.05) is 37.2 Å². The molecule has 1 aliphatic rings. The molecule has 0 bridgehead atoms. The van der Waals surface area contributed by atoms with Crippen LogP contribution in [0.15, 0.2) is 36.5 Å². The Labute approximate surface area is 162 Å². The minimum absolute atomic E-state index is 0.0844. The van der Waals surface area contributed by atoms with Crippen molar-refractivity contribution in [3.8, 4) is 0 Å². The van der Waals surface area contributed by atoms with Gasteiger partial charge in [0.15, 0.2) is 5.69 Å². The number of nitrogens with zero attached hydrogens (tertiary/aromatic N) is 4. The second-order valence-electron chi connectivity index (χ2n) is 7.34. The fourth-order valence-electron chi connectivity index (χ4n) is 3.60. The summed E-state index contributed by atoms with van der Waals surface area (Å²) in [5, 5.41) is 3.60. The highest BCUT2D eigenvalue weighted by Gasteiger charge is 2.34. The first-order chi connectivity index (χ1) is 13.3. The third kappa shape index (κ3) is 4.66. The molecule has 2 aromatic rings. The highest BCUT2D eigenvalue weighted by atomic mass is 19.4. The molecule has 1 fully saturated rings. The van der Waals surface area contributed by atoms with E-state index in [9.17, 15) is 18.0 Å². The molecule has 0 unspecified atom stereocenters. The summed E-state index contributed by atoms with van der Waals surface area (Å²) in [5.41, 5.74) is 0.610. The van der Waals surface area contributed by atoms with Crippen LogP contribution < -0.4 is 4.90 Å². The third-order valence-electron chi connectivity index (χ3n) is 5.14. The molecular formula is C20H25F3N4O. The Morgan fingerprint density at radius 2 is 1.93 bits per heavy atom. The van der Waals surface area contributed by atoms with Crippen LogP contribution in [0.4, 0.5) is 18.9 Å². The molecule has 5 nitrogen and oxygen atoms in total. The smallest absolute Gasteiger partial charge is 0.378 e. The molecule has 1 amide bonds. The van der Waals surface area contributed by atoms with E-state index in [1.165, 1.54) is 10.9 Å². The van der Waals surface area contributed by atoms with Crippen molar-refractivity contribution >= 4 is 11.6 Å². The van der Waals surface area contributed by atoms with Crippen molar-refractivity contribution in [1.82, 2.24) is 14.7 Å². The van der Waals surface area contributed by atoms with E-state index in [0.717, 1.165) is 37.4 Å². The fraction of sp³-hybridized carbons (Fsp3) is 0.500. The maximum atomic E-state index is 13.2. The van der Waals surface area contributed by atoms with Gasteiger partial charge in [0.25, 0.3) is 5.91 Å². The van der Waals surface area contributed by atoms with Crippen molar-refractivity contribution in [3.63, 3.8) is 0 Å². The molecule has 1 aromatic carbocycles. The van der Waals surface area contributed by atoms with Crippen molar-refractivity contribution in [3.05, 3.63) is 47.8 Å². The van der Waals surface area contributed by atoms with E-state index in [2.05, 4.69) is 5.10 Å². The standard InChI is InChI=1S/C20H25F3N4O/c1-25(2)17-9-5-6-15(14-17)19(28)27(16-7-3-4-8-16)13-12-26-11-10-18(24-26)20(21,22)23/h5-6,9-11,14,16H,3-4,7-8,12-13H2,1-2H3. The first kappa shape index (κ1) is 20.2. The molecule has 1 heterocycles.